The number of hydrogen-bond acceptors (Lipinski definition) is 3. The second kappa shape index (κ2) is 4.94. The van der Waals surface area contributed by atoms with Crippen LogP contribution in [0, 0.1) is 0 Å². The quantitative estimate of drug-likeness (QED) is 0.771. The van der Waals surface area contributed by atoms with E-state index in [1.165, 1.54) is 0 Å². The van der Waals surface area contributed by atoms with Crippen molar-refractivity contribution in [3.05, 3.63) is 70.4 Å². The highest BCUT2D eigenvalue weighted by atomic mass is 16.3. The van der Waals surface area contributed by atoms with Crippen molar-refractivity contribution in [2.24, 2.45) is 5.73 Å². The zero-order valence-corrected chi connectivity index (χ0v) is 11.2. The first kappa shape index (κ1) is 12.6. The van der Waals surface area contributed by atoms with Gasteiger partial charge >= 0.3 is 0 Å². The molecule has 100 valence electrons. The van der Waals surface area contributed by atoms with Crippen molar-refractivity contribution in [3.8, 4) is 11.3 Å². The first-order valence-electron chi connectivity index (χ1n) is 6.55. The van der Waals surface area contributed by atoms with Crippen molar-refractivity contribution in [1.82, 2.24) is 0 Å². The lowest BCUT2D eigenvalue weighted by Crippen LogP contribution is -2.19. The van der Waals surface area contributed by atoms with Crippen LogP contribution in [0.5, 0.6) is 0 Å². The van der Waals surface area contributed by atoms with Crippen LogP contribution in [-0.4, -0.2) is 0 Å². The number of benzene rings is 2. The number of rotatable bonds is 2. The van der Waals surface area contributed by atoms with Gasteiger partial charge in [0.15, 0.2) is 5.43 Å². The van der Waals surface area contributed by atoms with E-state index in [1.54, 1.807) is 19.1 Å². The lowest BCUT2D eigenvalue weighted by molar-refractivity contribution is 0.600. The van der Waals surface area contributed by atoms with E-state index in [4.69, 9.17) is 10.2 Å². The predicted octanol–water partition coefficient (Wildman–Crippen LogP) is 3.48. The molecule has 0 bridgehead atoms. The summed E-state index contributed by atoms with van der Waals surface area (Å²) in [5, 5.41) is 0.569. The molecule has 1 aromatic heterocycles. The predicted molar refractivity (Wildman–Crippen MR) is 80.5 cm³/mol. The smallest absolute Gasteiger partial charge is 0.198 e. The lowest BCUT2D eigenvalue weighted by Gasteiger charge is -2.12. The standard InChI is InChI=1S/C17H15NO2/c1-11(18)15-16(19)13-9-5-6-10-14(13)20-17(15)12-7-3-2-4-8-12/h2-11H,18H2,1H3. The minimum atomic E-state index is -0.383. The molecular weight excluding hydrogens is 250 g/mol. The van der Waals surface area contributed by atoms with Crippen molar-refractivity contribution in [2.45, 2.75) is 13.0 Å². The summed E-state index contributed by atoms with van der Waals surface area (Å²) in [5.41, 5.74) is 7.90. The van der Waals surface area contributed by atoms with E-state index in [-0.39, 0.29) is 11.5 Å². The molecule has 0 aliphatic carbocycles. The molecule has 0 fully saturated rings. The van der Waals surface area contributed by atoms with Gasteiger partial charge < -0.3 is 10.2 Å². The van der Waals surface area contributed by atoms with Crippen LogP contribution in [0.25, 0.3) is 22.3 Å². The number of hydrogen-bond donors (Lipinski definition) is 1. The normalized spacial score (nSPS) is 12.5. The van der Waals surface area contributed by atoms with Crippen LogP contribution in [0.2, 0.25) is 0 Å². The van der Waals surface area contributed by atoms with Crippen LogP contribution in [0.4, 0.5) is 0 Å². The maximum Gasteiger partial charge on any atom is 0.198 e. The third-order valence-electron chi connectivity index (χ3n) is 3.32. The summed E-state index contributed by atoms with van der Waals surface area (Å²) >= 11 is 0. The van der Waals surface area contributed by atoms with Gasteiger partial charge in [-0.3, -0.25) is 4.79 Å². The molecule has 0 aliphatic heterocycles. The highest BCUT2D eigenvalue weighted by Gasteiger charge is 2.18. The van der Waals surface area contributed by atoms with Crippen molar-refractivity contribution in [2.75, 3.05) is 0 Å². The Balaban J connectivity index is 2.42. The molecule has 3 nitrogen and oxygen atoms in total. The van der Waals surface area contributed by atoms with Gasteiger partial charge in [-0.25, -0.2) is 0 Å². The summed E-state index contributed by atoms with van der Waals surface area (Å²) in [6, 6.07) is 16.4. The highest BCUT2D eigenvalue weighted by Crippen LogP contribution is 2.28. The maximum absolute atomic E-state index is 12.6. The molecule has 1 atom stereocenters. The summed E-state index contributed by atoms with van der Waals surface area (Å²) in [4.78, 5) is 12.6. The van der Waals surface area contributed by atoms with Crippen LogP contribution in [-0.2, 0) is 0 Å². The van der Waals surface area contributed by atoms with Gasteiger partial charge in [-0.1, -0.05) is 42.5 Å². The first-order valence-corrected chi connectivity index (χ1v) is 6.55. The van der Waals surface area contributed by atoms with E-state index in [9.17, 15) is 4.79 Å². The molecule has 1 heterocycles. The Morgan fingerprint density at radius 1 is 1.00 bits per heavy atom. The third-order valence-corrected chi connectivity index (χ3v) is 3.32. The molecular formula is C17H15NO2. The van der Waals surface area contributed by atoms with Gasteiger partial charge in [-0.05, 0) is 19.1 Å². The Labute approximate surface area is 116 Å². The molecule has 3 aromatic rings. The third kappa shape index (κ3) is 2.02. The topological polar surface area (TPSA) is 56.2 Å². The fourth-order valence-electron chi connectivity index (χ4n) is 2.37. The van der Waals surface area contributed by atoms with E-state index >= 15 is 0 Å². The fourth-order valence-corrected chi connectivity index (χ4v) is 2.37. The van der Waals surface area contributed by atoms with E-state index in [0.29, 0.717) is 22.3 Å². The summed E-state index contributed by atoms with van der Waals surface area (Å²) in [6.07, 6.45) is 0. The summed E-state index contributed by atoms with van der Waals surface area (Å²) in [6.45, 7) is 1.80. The number of fused-ring (bicyclic) bond motifs is 1. The van der Waals surface area contributed by atoms with Gasteiger partial charge in [-0.15, -0.1) is 0 Å². The maximum atomic E-state index is 12.6. The molecule has 0 spiro atoms. The van der Waals surface area contributed by atoms with Crippen LogP contribution in [0.15, 0.2) is 63.8 Å². The van der Waals surface area contributed by atoms with Gasteiger partial charge in [0.25, 0.3) is 0 Å². The molecule has 0 saturated carbocycles. The minimum Gasteiger partial charge on any atom is -0.455 e. The molecule has 2 N–H and O–H groups in total. The fraction of sp³-hybridized carbons (Fsp3) is 0.118. The van der Waals surface area contributed by atoms with Crippen molar-refractivity contribution in [3.63, 3.8) is 0 Å². The zero-order valence-electron chi connectivity index (χ0n) is 11.2. The molecule has 3 rings (SSSR count). The van der Waals surface area contributed by atoms with E-state index in [2.05, 4.69) is 0 Å². The van der Waals surface area contributed by atoms with Crippen LogP contribution < -0.4 is 11.2 Å². The molecule has 0 amide bonds. The molecule has 1 unspecified atom stereocenters. The van der Waals surface area contributed by atoms with Crippen LogP contribution >= 0.6 is 0 Å². The lowest BCUT2D eigenvalue weighted by atomic mass is 10.0. The molecule has 3 heteroatoms. The van der Waals surface area contributed by atoms with Crippen LogP contribution in [0.1, 0.15) is 18.5 Å². The van der Waals surface area contributed by atoms with Gasteiger partial charge in [-0.2, -0.15) is 0 Å². The first-order chi connectivity index (χ1) is 9.68. The van der Waals surface area contributed by atoms with Crippen molar-refractivity contribution < 1.29 is 4.42 Å². The van der Waals surface area contributed by atoms with Crippen molar-refractivity contribution >= 4 is 11.0 Å². The number of para-hydroxylation sites is 1. The van der Waals surface area contributed by atoms with E-state index in [1.807, 2.05) is 42.5 Å². The average molecular weight is 265 g/mol. The van der Waals surface area contributed by atoms with Crippen molar-refractivity contribution in [1.29, 1.82) is 0 Å². The second-order valence-corrected chi connectivity index (χ2v) is 4.82. The molecule has 0 saturated heterocycles. The molecule has 0 radical (unpaired) electrons. The largest absolute Gasteiger partial charge is 0.455 e. The zero-order chi connectivity index (χ0) is 14.1. The minimum absolute atomic E-state index is 0.0549. The second-order valence-electron chi connectivity index (χ2n) is 4.82. The Kier molecular flexibility index (Phi) is 3.12. The monoisotopic (exact) mass is 265 g/mol. The summed E-state index contributed by atoms with van der Waals surface area (Å²) in [7, 11) is 0. The van der Waals surface area contributed by atoms with Gasteiger partial charge in [0.05, 0.1) is 10.9 Å². The van der Waals surface area contributed by atoms with Crippen LogP contribution in [0.3, 0.4) is 0 Å². The molecule has 20 heavy (non-hydrogen) atoms. The Hall–Kier alpha value is -2.39. The Bertz CT molecular complexity index is 804. The Morgan fingerprint density at radius 2 is 1.65 bits per heavy atom. The molecule has 0 aliphatic rings. The molecule has 2 aromatic carbocycles. The van der Waals surface area contributed by atoms with Gasteiger partial charge in [0, 0.05) is 11.6 Å². The number of nitrogens with two attached hydrogens (primary N) is 1. The summed E-state index contributed by atoms with van der Waals surface area (Å²) < 4.78 is 5.94. The van der Waals surface area contributed by atoms with E-state index in [0.717, 1.165) is 5.56 Å². The van der Waals surface area contributed by atoms with Gasteiger partial charge in [0.1, 0.15) is 11.3 Å². The van der Waals surface area contributed by atoms with E-state index < -0.39 is 0 Å². The highest BCUT2D eigenvalue weighted by molar-refractivity contribution is 5.80. The SMILES string of the molecule is CC(N)c1c(-c2ccccc2)oc2ccccc2c1=O. The Morgan fingerprint density at radius 3 is 2.35 bits per heavy atom. The summed E-state index contributed by atoms with van der Waals surface area (Å²) in [5.74, 6) is 0.560. The van der Waals surface area contributed by atoms with Gasteiger partial charge in [0.2, 0.25) is 0 Å². The average Bonchev–Trinajstić information content (AvgIpc) is 2.47.